The van der Waals surface area contributed by atoms with Crippen LogP contribution in [-0.2, 0) is 16.6 Å². The number of aryl methyl sites for hydroxylation is 1. The van der Waals surface area contributed by atoms with E-state index < -0.39 is 5.97 Å². The van der Waals surface area contributed by atoms with Gasteiger partial charge in [-0.25, -0.2) is 4.79 Å². The number of nitrogens with zero attached hydrogens (tertiary/aromatic N) is 3. The van der Waals surface area contributed by atoms with Crippen molar-refractivity contribution in [1.82, 2.24) is 14.8 Å². The number of esters is 1. The van der Waals surface area contributed by atoms with Crippen LogP contribution in [0, 0.1) is 6.92 Å². The zero-order valence-electron chi connectivity index (χ0n) is 19.7. The number of amides is 1. The molecule has 0 aliphatic carbocycles. The van der Waals surface area contributed by atoms with E-state index in [1.165, 1.54) is 30.2 Å². The minimum atomic E-state index is -0.517. The SMILES string of the molecule is COC(=O)c1c(-c2ccc(OC)cc2)csc1NC(=O)CSc1nnc(-c2cccc(C)c2)n1C. The van der Waals surface area contributed by atoms with E-state index in [9.17, 15) is 9.59 Å². The molecule has 0 radical (unpaired) electrons. The quantitative estimate of drug-likeness (QED) is 0.263. The molecule has 35 heavy (non-hydrogen) atoms. The summed E-state index contributed by atoms with van der Waals surface area (Å²) < 4.78 is 12.1. The molecule has 2 heterocycles. The molecule has 180 valence electrons. The van der Waals surface area contributed by atoms with Crippen LogP contribution < -0.4 is 10.1 Å². The van der Waals surface area contributed by atoms with Crippen molar-refractivity contribution in [2.24, 2.45) is 7.05 Å². The summed E-state index contributed by atoms with van der Waals surface area (Å²) in [4.78, 5) is 25.3. The first kappa shape index (κ1) is 24.5. The van der Waals surface area contributed by atoms with E-state index in [0.29, 0.717) is 27.0 Å². The number of anilines is 1. The summed E-state index contributed by atoms with van der Waals surface area (Å²) in [5, 5.41) is 14.2. The molecule has 2 aromatic carbocycles. The van der Waals surface area contributed by atoms with Gasteiger partial charge in [0.25, 0.3) is 0 Å². The Morgan fingerprint density at radius 1 is 1.09 bits per heavy atom. The lowest BCUT2D eigenvalue weighted by molar-refractivity contribution is -0.113. The smallest absolute Gasteiger partial charge is 0.341 e. The molecular weight excluding hydrogens is 484 g/mol. The van der Waals surface area contributed by atoms with Gasteiger partial charge in [-0.3, -0.25) is 4.79 Å². The molecule has 1 amide bonds. The number of benzene rings is 2. The van der Waals surface area contributed by atoms with Crippen molar-refractivity contribution < 1.29 is 19.1 Å². The van der Waals surface area contributed by atoms with E-state index in [4.69, 9.17) is 9.47 Å². The third kappa shape index (κ3) is 5.39. The van der Waals surface area contributed by atoms with Gasteiger partial charge < -0.3 is 19.4 Å². The Balaban J connectivity index is 1.48. The fraction of sp³-hybridized carbons (Fsp3) is 0.200. The van der Waals surface area contributed by atoms with Gasteiger partial charge in [0.05, 0.1) is 20.0 Å². The lowest BCUT2D eigenvalue weighted by atomic mass is 10.0. The first-order valence-corrected chi connectivity index (χ1v) is 12.5. The second-order valence-electron chi connectivity index (χ2n) is 7.65. The number of thiophene rings is 1. The zero-order chi connectivity index (χ0) is 24.9. The Kier molecular flexibility index (Phi) is 7.52. The van der Waals surface area contributed by atoms with Crippen molar-refractivity contribution in [3.63, 3.8) is 0 Å². The summed E-state index contributed by atoms with van der Waals surface area (Å²) in [6.45, 7) is 2.02. The molecule has 0 spiro atoms. The number of hydrogen-bond acceptors (Lipinski definition) is 8. The number of methoxy groups -OCH3 is 2. The molecule has 0 aliphatic rings. The van der Waals surface area contributed by atoms with Crippen LogP contribution in [0.5, 0.6) is 5.75 Å². The summed E-state index contributed by atoms with van der Waals surface area (Å²) in [6.07, 6.45) is 0. The average Bonchev–Trinajstić information content (AvgIpc) is 3.45. The molecule has 0 unspecified atom stereocenters. The first-order valence-electron chi connectivity index (χ1n) is 10.6. The number of aromatic nitrogens is 3. The summed E-state index contributed by atoms with van der Waals surface area (Å²) in [5.74, 6) is 0.769. The molecule has 0 saturated heterocycles. The summed E-state index contributed by atoms with van der Waals surface area (Å²) >= 11 is 2.55. The molecule has 2 aromatic heterocycles. The van der Waals surface area contributed by atoms with Crippen LogP contribution in [-0.4, -0.2) is 46.6 Å². The molecule has 1 N–H and O–H groups in total. The first-order chi connectivity index (χ1) is 16.9. The van der Waals surface area contributed by atoms with Gasteiger partial charge >= 0.3 is 5.97 Å². The van der Waals surface area contributed by atoms with E-state index in [1.54, 1.807) is 7.11 Å². The van der Waals surface area contributed by atoms with Gasteiger partial charge in [-0.15, -0.1) is 21.5 Å². The molecule has 0 fully saturated rings. The Hall–Kier alpha value is -3.63. The predicted octanol–water partition coefficient (Wildman–Crippen LogP) is 5.05. The topological polar surface area (TPSA) is 95.3 Å². The van der Waals surface area contributed by atoms with E-state index >= 15 is 0 Å². The third-order valence-corrected chi connectivity index (χ3v) is 7.19. The molecule has 0 saturated carbocycles. The van der Waals surface area contributed by atoms with E-state index in [0.717, 1.165) is 22.5 Å². The normalized spacial score (nSPS) is 10.7. The minimum Gasteiger partial charge on any atom is -0.497 e. The van der Waals surface area contributed by atoms with Crippen LogP contribution in [0.25, 0.3) is 22.5 Å². The minimum absolute atomic E-state index is 0.107. The fourth-order valence-corrected chi connectivity index (χ4v) is 5.19. The Morgan fingerprint density at radius 3 is 2.54 bits per heavy atom. The summed E-state index contributed by atoms with van der Waals surface area (Å²) in [7, 11) is 4.78. The van der Waals surface area contributed by atoms with Crippen molar-refractivity contribution in [2.75, 3.05) is 25.3 Å². The van der Waals surface area contributed by atoms with Crippen LogP contribution >= 0.6 is 23.1 Å². The van der Waals surface area contributed by atoms with Crippen molar-refractivity contribution >= 4 is 40.0 Å². The molecule has 4 rings (SSSR count). The van der Waals surface area contributed by atoms with Gasteiger partial charge in [0.1, 0.15) is 16.3 Å². The highest BCUT2D eigenvalue weighted by Crippen LogP contribution is 2.37. The monoisotopic (exact) mass is 508 g/mol. The van der Waals surface area contributed by atoms with E-state index in [-0.39, 0.29) is 11.7 Å². The van der Waals surface area contributed by atoms with Crippen LogP contribution in [0.2, 0.25) is 0 Å². The highest BCUT2D eigenvalue weighted by atomic mass is 32.2. The van der Waals surface area contributed by atoms with Gasteiger partial charge in [0.2, 0.25) is 5.91 Å². The summed E-state index contributed by atoms with van der Waals surface area (Å²) in [5.41, 5.74) is 3.92. The number of hydrogen-bond donors (Lipinski definition) is 1. The van der Waals surface area contributed by atoms with Gasteiger partial charge in [-0.2, -0.15) is 0 Å². The highest BCUT2D eigenvalue weighted by Gasteiger charge is 2.23. The highest BCUT2D eigenvalue weighted by molar-refractivity contribution is 7.99. The fourth-order valence-electron chi connectivity index (χ4n) is 3.51. The number of thioether (sulfide) groups is 1. The maximum atomic E-state index is 12.8. The zero-order valence-corrected chi connectivity index (χ0v) is 21.3. The van der Waals surface area contributed by atoms with Crippen LogP contribution in [0.3, 0.4) is 0 Å². The van der Waals surface area contributed by atoms with Gasteiger partial charge in [-0.05, 0) is 30.7 Å². The Bertz CT molecular complexity index is 1360. The number of carbonyl (C=O) groups excluding carboxylic acids is 2. The number of ether oxygens (including phenoxy) is 2. The molecule has 0 aliphatic heterocycles. The summed E-state index contributed by atoms with van der Waals surface area (Å²) in [6, 6.07) is 15.3. The average molecular weight is 509 g/mol. The molecule has 8 nitrogen and oxygen atoms in total. The molecular formula is C25H24N4O4S2. The molecule has 0 atom stereocenters. The van der Waals surface area contributed by atoms with Gasteiger partial charge in [0, 0.05) is 23.6 Å². The maximum absolute atomic E-state index is 12.8. The van der Waals surface area contributed by atoms with Crippen molar-refractivity contribution in [1.29, 1.82) is 0 Å². The second kappa shape index (κ2) is 10.7. The van der Waals surface area contributed by atoms with Crippen molar-refractivity contribution in [3.8, 4) is 28.3 Å². The second-order valence-corrected chi connectivity index (χ2v) is 9.47. The number of nitrogens with one attached hydrogen (secondary N) is 1. The molecule has 4 aromatic rings. The van der Waals surface area contributed by atoms with E-state index in [2.05, 4.69) is 15.5 Å². The Labute approximate surface area is 211 Å². The van der Waals surface area contributed by atoms with Crippen LogP contribution in [0.4, 0.5) is 5.00 Å². The van der Waals surface area contributed by atoms with Crippen molar-refractivity contribution in [3.05, 3.63) is 65.0 Å². The van der Waals surface area contributed by atoms with Crippen molar-refractivity contribution in [2.45, 2.75) is 12.1 Å². The van der Waals surface area contributed by atoms with Gasteiger partial charge in [-0.1, -0.05) is 47.7 Å². The maximum Gasteiger partial charge on any atom is 0.341 e. The lowest BCUT2D eigenvalue weighted by Crippen LogP contribution is -2.16. The van der Waals surface area contributed by atoms with E-state index in [1.807, 2.05) is 72.4 Å². The largest absolute Gasteiger partial charge is 0.497 e. The lowest BCUT2D eigenvalue weighted by Gasteiger charge is -2.08. The molecule has 10 heteroatoms. The third-order valence-electron chi connectivity index (χ3n) is 5.28. The van der Waals surface area contributed by atoms with Gasteiger partial charge in [0.15, 0.2) is 11.0 Å². The Morgan fingerprint density at radius 2 is 1.86 bits per heavy atom. The number of rotatable bonds is 8. The standard InChI is InChI=1S/C25H24N4O4S2/c1-15-6-5-7-17(12-15)22-27-28-25(29(22)2)35-14-20(30)26-23-21(24(31)33-4)19(13-34-23)16-8-10-18(32-3)11-9-16/h5-13H,14H2,1-4H3,(H,26,30). The molecule has 0 bridgehead atoms. The number of carbonyl (C=O) groups is 2. The predicted molar refractivity (Wildman–Crippen MR) is 138 cm³/mol. The van der Waals surface area contributed by atoms with Crippen LogP contribution in [0.15, 0.2) is 59.1 Å². The van der Waals surface area contributed by atoms with Crippen LogP contribution in [0.1, 0.15) is 15.9 Å².